The topological polar surface area (TPSA) is 24.1 Å². The van der Waals surface area contributed by atoms with E-state index in [1.54, 1.807) is 0 Å². The zero-order valence-corrected chi connectivity index (χ0v) is 18.2. The van der Waals surface area contributed by atoms with Crippen molar-refractivity contribution in [3.05, 3.63) is 58.7 Å². The predicted octanol–water partition coefficient (Wildman–Crippen LogP) is 6.82. The number of nitrogens with one attached hydrogen (secondary N) is 2. The fourth-order valence-electron chi connectivity index (χ4n) is 3.71. The van der Waals surface area contributed by atoms with Gasteiger partial charge in [-0.3, -0.25) is 0 Å². The fourth-order valence-corrected chi connectivity index (χ4v) is 3.71. The van der Waals surface area contributed by atoms with Crippen LogP contribution in [0.2, 0.25) is 0 Å². The van der Waals surface area contributed by atoms with Crippen LogP contribution in [-0.4, -0.2) is 12.1 Å². The molecule has 2 N–H and O–H groups in total. The monoisotopic (exact) mass is 366 g/mol. The van der Waals surface area contributed by atoms with Gasteiger partial charge in [0.15, 0.2) is 0 Å². The molecule has 0 atom stereocenters. The Balaban J connectivity index is 2.46. The first-order chi connectivity index (χ1) is 13.0. The van der Waals surface area contributed by atoms with Gasteiger partial charge in [0, 0.05) is 29.9 Å². The molecule has 148 valence electrons. The molecule has 0 radical (unpaired) electrons. The maximum absolute atomic E-state index is 3.73. The molecule has 27 heavy (non-hydrogen) atoms. The maximum Gasteiger partial charge on any atom is 0.0410 e. The zero-order valence-electron chi connectivity index (χ0n) is 18.2. The van der Waals surface area contributed by atoms with Crippen LogP contribution in [0.4, 0.5) is 11.4 Å². The first-order valence-corrected chi connectivity index (χ1v) is 10.7. The minimum atomic E-state index is 0.432. The van der Waals surface area contributed by atoms with Gasteiger partial charge < -0.3 is 10.6 Å². The summed E-state index contributed by atoms with van der Waals surface area (Å²) in [6.07, 6.45) is 5.54. The van der Waals surface area contributed by atoms with Crippen LogP contribution in [0.1, 0.15) is 76.6 Å². The fraction of sp³-hybridized carbons (Fsp3) is 0.520. The van der Waals surface area contributed by atoms with Crippen molar-refractivity contribution in [2.45, 2.75) is 85.7 Å². The van der Waals surface area contributed by atoms with Gasteiger partial charge in [0.1, 0.15) is 0 Å². The van der Waals surface area contributed by atoms with Crippen LogP contribution in [0.3, 0.4) is 0 Å². The van der Waals surface area contributed by atoms with E-state index >= 15 is 0 Å². The van der Waals surface area contributed by atoms with Gasteiger partial charge in [0.25, 0.3) is 0 Å². The van der Waals surface area contributed by atoms with Crippen LogP contribution >= 0.6 is 0 Å². The lowest BCUT2D eigenvalue weighted by Gasteiger charge is -2.22. The average molecular weight is 367 g/mol. The van der Waals surface area contributed by atoms with Crippen LogP contribution in [0.15, 0.2) is 36.4 Å². The number of hydrogen-bond donors (Lipinski definition) is 2. The lowest BCUT2D eigenvalue weighted by Crippen LogP contribution is -2.16. The SMILES string of the molecule is CCCc1cccc(Cc2cccc(CCC)c2NC(C)C)c1NC(C)C. The van der Waals surface area contributed by atoms with Gasteiger partial charge in [-0.1, -0.05) is 63.1 Å². The van der Waals surface area contributed by atoms with E-state index in [0.29, 0.717) is 12.1 Å². The lowest BCUT2D eigenvalue weighted by atomic mass is 9.94. The molecule has 2 heteroatoms. The third-order valence-corrected chi connectivity index (χ3v) is 4.76. The Morgan fingerprint density at radius 2 is 1.00 bits per heavy atom. The van der Waals surface area contributed by atoms with Crippen molar-refractivity contribution < 1.29 is 0 Å². The molecule has 0 aliphatic carbocycles. The molecule has 0 fully saturated rings. The summed E-state index contributed by atoms with van der Waals surface area (Å²) in [5.41, 5.74) is 8.35. The van der Waals surface area contributed by atoms with Crippen molar-refractivity contribution in [1.29, 1.82) is 0 Å². The van der Waals surface area contributed by atoms with Crippen LogP contribution in [-0.2, 0) is 19.3 Å². The summed E-state index contributed by atoms with van der Waals surface area (Å²) in [7, 11) is 0. The molecule has 0 spiro atoms. The summed E-state index contributed by atoms with van der Waals surface area (Å²) in [5, 5.41) is 7.45. The minimum Gasteiger partial charge on any atom is -0.382 e. The van der Waals surface area contributed by atoms with E-state index in [1.807, 2.05) is 0 Å². The second-order valence-electron chi connectivity index (χ2n) is 8.18. The van der Waals surface area contributed by atoms with Gasteiger partial charge in [-0.05, 0) is 62.8 Å². The molecule has 2 nitrogen and oxygen atoms in total. The maximum atomic E-state index is 3.73. The van der Waals surface area contributed by atoms with Crippen molar-refractivity contribution in [2.24, 2.45) is 0 Å². The molecule has 0 unspecified atom stereocenters. The Hall–Kier alpha value is -1.96. The van der Waals surface area contributed by atoms with Gasteiger partial charge in [0.05, 0.1) is 0 Å². The third-order valence-electron chi connectivity index (χ3n) is 4.76. The van der Waals surface area contributed by atoms with Crippen LogP contribution in [0.5, 0.6) is 0 Å². The highest BCUT2D eigenvalue weighted by atomic mass is 14.9. The highest BCUT2D eigenvalue weighted by Crippen LogP contribution is 2.30. The second-order valence-corrected chi connectivity index (χ2v) is 8.18. The highest BCUT2D eigenvalue weighted by Gasteiger charge is 2.14. The first kappa shape index (κ1) is 21.3. The zero-order chi connectivity index (χ0) is 19.8. The van der Waals surface area contributed by atoms with Crippen molar-refractivity contribution in [3.8, 4) is 0 Å². The molecule has 2 aromatic rings. The standard InChI is InChI=1S/C25H38N2/c1-7-11-20-13-9-15-22(24(20)26-18(3)4)17-23-16-10-14-21(12-8-2)25(23)27-19(5)6/h9-10,13-16,18-19,26-27H,7-8,11-12,17H2,1-6H3. The number of aryl methyl sites for hydroxylation is 2. The molecular weight excluding hydrogens is 328 g/mol. The molecule has 0 aliphatic rings. The van der Waals surface area contributed by atoms with E-state index in [-0.39, 0.29) is 0 Å². The molecule has 0 amide bonds. The molecule has 2 aromatic carbocycles. The minimum absolute atomic E-state index is 0.432. The molecule has 0 saturated carbocycles. The average Bonchev–Trinajstić information content (AvgIpc) is 2.60. The summed E-state index contributed by atoms with van der Waals surface area (Å²) in [5.74, 6) is 0. The van der Waals surface area contributed by atoms with Gasteiger partial charge in [0.2, 0.25) is 0 Å². The van der Waals surface area contributed by atoms with Crippen molar-refractivity contribution in [2.75, 3.05) is 10.6 Å². The summed E-state index contributed by atoms with van der Waals surface area (Å²) in [6, 6.07) is 14.4. The lowest BCUT2D eigenvalue weighted by molar-refractivity contribution is 0.866. The van der Waals surface area contributed by atoms with E-state index in [1.165, 1.54) is 46.5 Å². The molecule has 0 heterocycles. The number of para-hydroxylation sites is 2. The summed E-state index contributed by atoms with van der Waals surface area (Å²) >= 11 is 0. The largest absolute Gasteiger partial charge is 0.382 e. The molecular formula is C25H38N2. The quantitative estimate of drug-likeness (QED) is 0.482. The van der Waals surface area contributed by atoms with Crippen molar-refractivity contribution in [3.63, 3.8) is 0 Å². The predicted molar refractivity (Wildman–Crippen MR) is 121 cm³/mol. The summed E-state index contributed by atoms with van der Waals surface area (Å²) in [4.78, 5) is 0. The number of anilines is 2. The van der Waals surface area contributed by atoms with E-state index in [0.717, 1.165) is 19.3 Å². The number of hydrogen-bond acceptors (Lipinski definition) is 2. The van der Waals surface area contributed by atoms with Crippen molar-refractivity contribution >= 4 is 11.4 Å². The van der Waals surface area contributed by atoms with Crippen molar-refractivity contribution in [1.82, 2.24) is 0 Å². The van der Waals surface area contributed by atoms with Gasteiger partial charge in [-0.2, -0.15) is 0 Å². The Morgan fingerprint density at radius 1 is 0.630 bits per heavy atom. The number of benzene rings is 2. The van der Waals surface area contributed by atoms with E-state index in [9.17, 15) is 0 Å². The first-order valence-electron chi connectivity index (χ1n) is 10.7. The third kappa shape index (κ3) is 6.02. The van der Waals surface area contributed by atoms with E-state index < -0.39 is 0 Å². The molecule has 0 bridgehead atoms. The Morgan fingerprint density at radius 3 is 1.33 bits per heavy atom. The van der Waals surface area contributed by atoms with Crippen LogP contribution in [0.25, 0.3) is 0 Å². The van der Waals surface area contributed by atoms with Gasteiger partial charge >= 0.3 is 0 Å². The molecule has 2 rings (SSSR count). The highest BCUT2D eigenvalue weighted by molar-refractivity contribution is 5.64. The van der Waals surface area contributed by atoms with Gasteiger partial charge in [-0.25, -0.2) is 0 Å². The summed E-state index contributed by atoms with van der Waals surface area (Å²) in [6.45, 7) is 13.4. The van der Waals surface area contributed by atoms with E-state index in [4.69, 9.17) is 0 Å². The van der Waals surface area contributed by atoms with Gasteiger partial charge in [-0.15, -0.1) is 0 Å². The second kappa shape index (κ2) is 10.4. The Labute approximate surface area is 166 Å². The molecule has 0 aliphatic heterocycles. The van der Waals surface area contributed by atoms with Crippen LogP contribution in [0, 0.1) is 0 Å². The summed E-state index contributed by atoms with van der Waals surface area (Å²) < 4.78 is 0. The Kier molecular flexibility index (Phi) is 8.22. The number of rotatable bonds is 10. The van der Waals surface area contributed by atoms with Crippen LogP contribution < -0.4 is 10.6 Å². The normalized spacial score (nSPS) is 11.3. The molecule has 0 aromatic heterocycles. The molecule has 0 saturated heterocycles. The Bertz CT molecular complexity index is 655. The smallest absolute Gasteiger partial charge is 0.0410 e. The van der Waals surface area contributed by atoms with E-state index in [2.05, 4.69) is 88.6 Å².